The van der Waals surface area contributed by atoms with Crippen LogP contribution in [0.2, 0.25) is 0 Å². The quantitative estimate of drug-likeness (QED) is 0.0648. The molecule has 10 rings (SSSR count). The summed E-state index contributed by atoms with van der Waals surface area (Å²) in [6.45, 7) is 4.42. The Kier molecular flexibility index (Phi) is 8.45. The summed E-state index contributed by atoms with van der Waals surface area (Å²) in [5.41, 5.74) is 4.85. The third kappa shape index (κ3) is 5.62. The zero-order chi connectivity index (χ0) is 38.4. The topological polar surface area (TPSA) is 158 Å². The molecular weight excluding hydrogens is 724 g/mol. The first-order valence-corrected chi connectivity index (χ1v) is 19.5. The van der Waals surface area contributed by atoms with Crippen LogP contribution in [0.1, 0.15) is 73.9 Å². The van der Waals surface area contributed by atoms with Crippen molar-refractivity contribution in [1.82, 2.24) is 30.3 Å². The van der Waals surface area contributed by atoms with Crippen molar-refractivity contribution in [3.63, 3.8) is 0 Å². The summed E-state index contributed by atoms with van der Waals surface area (Å²) in [6.07, 6.45) is 3.88. The maximum absolute atomic E-state index is 16.3. The number of fused-ring (bicyclic) bond motifs is 4. The number of carboxylic acid groups (broad SMARTS) is 1. The lowest BCUT2D eigenvalue weighted by molar-refractivity contribution is -1.15. The Bertz CT molecular complexity index is 2330. The summed E-state index contributed by atoms with van der Waals surface area (Å²) < 4.78 is 49.0. The molecule has 0 saturated carbocycles. The molecule has 1 spiro atoms. The molecule has 15 heteroatoms. The Morgan fingerprint density at radius 3 is 2.34 bits per heavy atom. The van der Waals surface area contributed by atoms with Crippen LogP contribution in [0.15, 0.2) is 60.8 Å². The van der Waals surface area contributed by atoms with Crippen molar-refractivity contribution in [3.05, 3.63) is 83.6 Å². The van der Waals surface area contributed by atoms with E-state index in [-0.39, 0.29) is 36.1 Å². The molecule has 4 unspecified atom stereocenters. The van der Waals surface area contributed by atoms with Crippen molar-refractivity contribution in [2.45, 2.75) is 68.9 Å². The number of rotatable bonds is 7. The molecule has 0 radical (unpaired) electrons. The molecule has 1 amide bonds. The Morgan fingerprint density at radius 1 is 0.929 bits per heavy atom. The largest absolute Gasteiger partial charge is 0.568 e. The normalized spacial score (nSPS) is 24.8. The van der Waals surface area contributed by atoms with Gasteiger partial charge in [0.25, 0.3) is 5.92 Å². The molecule has 6 heterocycles. The minimum Gasteiger partial charge on any atom is -0.432 e. The summed E-state index contributed by atoms with van der Waals surface area (Å²) in [4.78, 5) is 29.2. The van der Waals surface area contributed by atoms with Gasteiger partial charge in [-0.2, -0.15) is 18.8 Å². The monoisotopic (exact) mass is 768 g/mol. The number of aromatic nitrogens is 4. The van der Waals surface area contributed by atoms with Crippen molar-refractivity contribution in [3.8, 4) is 33.5 Å². The SMILES string of the molecule is CC(C1CCOCC1)[N+](O)(C(=O)O)N1CC2(CC1c1nc3ccc(-c4ccc5c(c4)C(F)(F)c4cc(-c6cnc(C7CCCN7)[nH]6)ccc4-5)cc3[nH]1)OCCO2. The highest BCUT2D eigenvalue weighted by molar-refractivity contribution is 5.87. The van der Waals surface area contributed by atoms with E-state index < -0.39 is 34.6 Å². The first kappa shape index (κ1) is 35.8. The highest BCUT2D eigenvalue weighted by atomic mass is 19.3. The third-order valence-electron chi connectivity index (χ3n) is 12.7. The highest BCUT2D eigenvalue weighted by Gasteiger charge is 2.63. The lowest BCUT2D eigenvalue weighted by Crippen LogP contribution is -2.67. The number of nitrogens with one attached hydrogen (secondary N) is 3. The van der Waals surface area contributed by atoms with Crippen LogP contribution >= 0.6 is 0 Å². The number of hydroxylamine groups is 2. The molecule has 2 aromatic heterocycles. The van der Waals surface area contributed by atoms with Crippen LogP contribution in [0.3, 0.4) is 0 Å². The first-order chi connectivity index (χ1) is 27.0. The zero-order valence-electron chi connectivity index (χ0n) is 30.9. The van der Waals surface area contributed by atoms with E-state index >= 15 is 8.78 Å². The summed E-state index contributed by atoms with van der Waals surface area (Å²) in [6, 6.07) is 14.6. The lowest BCUT2D eigenvalue weighted by Gasteiger charge is -2.42. The minimum atomic E-state index is -3.22. The molecule has 4 aliphatic heterocycles. The molecule has 292 valence electrons. The number of benzene rings is 3. The van der Waals surface area contributed by atoms with Gasteiger partial charge in [-0.05, 0) is 90.4 Å². The number of hydrogen-bond acceptors (Lipinski definition) is 9. The first-order valence-electron chi connectivity index (χ1n) is 19.5. The average molecular weight is 769 g/mol. The number of hydrogen-bond donors (Lipinski definition) is 5. The number of H-pyrrole nitrogens is 2. The Morgan fingerprint density at radius 2 is 1.62 bits per heavy atom. The Balaban J connectivity index is 0.956. The van der Waals surface area contributed by atoms with Gasteiger partial charge < -0.3 is 34.6 Å². The Labute approximate surface area is 321 Å². The van der Waals surface area contributed by atoms with Gasteiger partial charge in [0.1, 0.15) is 24.2 Å². The minimum absolute atomic E-state index is 0.0183. The number of aromatic amines is 2. The van der Waals surface area contributed by atoms with Crippen LogP contribution in [-0.4, -0.2) is 97.5 Å². The number of imidazole rings is 2. The molecule has 4 saturated heterocycles. The van der Waals surface area contributed by atoms with Gasteiger partial charge in [-0.15, -0.1) is 0 Å². The number of nitrogens with zero attached hydrogens (tertiary/aromatic N) is 4. The number of halogens is 2. The molecular formula is C41H44F2N7O6+. The second kappa shape index (κ2) is 13.2. The van der Waals surface area contributed by atoms with Gasteiger partial charge in [0.05, 0.1) is 42.2 Å². The second-order valence-corrected chi connectivity index (χ2v) is 15.8. The third-order valence-corrected chi connectivity index (χ3v) is 12.7. The molecule has 4 fully saturated rings. The van der Waals surface area contributed by atoms with Crippen LogP contribution in [0, 0.1) is 5.92 Å². The van der Waals surface area contributed by atoms with E-state index in [1.54, 1.807) is 37.4 Å². The van der Waals surface area contributed by atoms with Gasteiger partial charge in [0.15, 0.2) is 11.8 Å². The number of carbonyl (C=O) groups is 1. The molecule has 4 atom stereocenters. The number of quaternary nitrogens is 1. The van der Waals surface area contributed by atoms with Crippen LogP contribution < -0.4 is 5.32 Å². The molecule has 5 N–H and O–H groups in total. The van der Waals surface area contributed by atoms with E-state index in [2.05, 4.69) is 20.3 Å². The predicted octanol–water partition coefficient (Wildman–Crippen LogP) is 7.27. The number of alkyl halides is 2. The number of ether oxygens (including phenoxy) is 3. The zero-order valence-corrected chi connectivity index (χ0v) is 30.9. The summed E-state index contributed by atoms with van der Waals surface area (Å²) in [7, 11) is 0. The highest BCUT2D eigenvalue weighted by Crippen LogP contribution is 2.53. The molecule has 56 heavy (non-hydrogen) atoms. The van der Waals surface area contributed by atoms with Crippen molar-refractivity contribution in [2.75, 3.05) is 39.5 Å². The fraction of sp³-hybridized carbons (Fsp3) is 0.439. The van der Waals surface area contributed by atoms with Crippen LogP contribution in [0.4, 0.5) is 13.6 Å². The van der Waals surface area contributed by atoms with E-state index in [1.165, 1.54) is 5.01 Å². The van der Waals surface area contributed by atoms with Crippen molar-refractivity contribution in [1.29, 1.82) is 0 Å². The molecule has 0 bridgehead atoms. The van der Waals surface area contributed by atoms with E-state index in [0.29, 0.717) is 89.6 Å². The van der Waals surface area contributed by atoms with Gasteiger partial charge in [-0.25, -0.2) is 9.97 Å². The molecule has 1 aliphatic carbocycles. The van der Waals surface area contributed by atoms with Gasteiger partial charge >= 0.3 is 6.09 Å². The van der Waals surface area contributed by atoms with E-state index in [9.17, 15) is 15.1 Å². The average Bonchev–Trinajstić information content (AvgIpc) is 4.08. The number of amides is 1. The standard InChI is InChI=1S/C41H43F2N7O6/c1-23(24-10-13-54-14-11-24)50(53,39(51)52)49-22-40(55-15-16-56-40)20-36(49)38-46-32-9-6-26(19-34(32)47-38)25-4-7-28-29-8-5-27(18-31(29)41(42,43)30(28)17-25)35-21-45-37(48-35)33-3-2-12-44-33/h4-9,17-19,21,23-24,33,36,44,53H,2-3,10-16,20,22H2,1H3,(H2-,45,46,47,48,51,52)/p+1. The summed E-state index contributed by atoms with van der Waals surface area (Å²) >= 11 is 0. The maximum atomic E-state index is 16.3. The molecule has 3 aromatic carbocycles. The van der Waals surface area contributed by atoms with Gasteiger partial charge in [-0.3, -0.25) is 0 Å². The van der Waals surface area contributed by atoms with Gasteiger partial charge in [0, 0.05) is 42.2 Å². The second-order valence-electron chi connectivity index (χ2n) is 15.8. The van der Waals surface area contributed by atoms with E-state index in [1.807, 2.05) is 30.3 Å². The Hall–Kier alpha value is -4.61. The van der Waals surface area contributed by atoms with Crippen LogP contribution in [-0.2, 0) is 20.1 Å². The maximum Gasteiger partial charge on any atom is 0.568 e. The van der Waals surface area contributed by atoms with Crippen molar-refractivity contribution >= 4 is 17.1 Å². The fourth-order valence-electron chi connectivity index (χ4n) is 9.61. The van der Waals surface area contributed by atoms with E-state index in [0.717, 1.165) is 25.2 Å². The summed E-state index contributed by atoms with van der Waals surface area (Å²) in [5, 5.41) is 27.7. The van der Waals surface area contributed by atoms with Crippen molar-refractivity contribution in [2.24, 2.45) is 5.92 Å². The fourth-order valence-corrected chi connectivity index (χ4v) is 9.61. The van der Waals surface area contributed by atoms with Crippen molar-refractivity contribution < 1.29 is 42.9 Å². The molecule has 5 aromatic rings. The van der Waals surface area contributed by atoms with Crippen LogP contribution in [0.25, 0.3) is 44.5 Å². The lowest BCUT2D eigenvalue weighted by atomic mass is 9.92. The molecule has 5 aliphatic rings. The smallest absolute Gasteiger partial charge is 0.432 e. The summed E-state index contributed by atoms with van der Waals surface area (Å²) in [5.74, 6) is -3.15. The van der Waals surface area contributed by atoms with Crippen LogP contribution in [0.5, 0.6) is 0 Å². The molecule has 13 nitrogen and oxygen atoms in total. The van der Waals surface area contributed by atoms with Gasteiger partial charge in [0.2, 0.25) is 0 Å². The predicted molar refractivity (Wildman–Crippen MR) is 199 cm³/mol. The van der Waals surface area contributed by atoms with Gasteiger partial charge in [-0.1, -0.05) is 35.3 Å². The van der Waals surface area contributed by atoms with E-state index in [4.69, 9.17) is 19.2 Å².